The van der Waals surface area contributed by atoms with E-state index in [-0.39, 0.29) is 11.9 Å². The van der Waals surface area contributed by atoms with Crippen LogP contribution in [0.3, 0.4) is 0 Å². The lowest BCUT2D eigenvalue weighted by atomic mass is 9.79. The summed E-state index contributed by atoms with van der Waals surface area (Å²) in [6.45, 7) is 3.91. The largest absolute Gasteiger partial charge is 0.341 e. The maximum atomic E-state index is 12.5. The molecular formula is C18H28N2OS. The Hall–Kier alpha value is -1.00. The molecule has 4 heteroatoms. The van der Waals surface area contributed by atoms with E-state index in [4.69, 9.17) is 5.73 Å². The number of likely N-dealkylation sites (tertiary alicyclic amines) is 1. The number of hydrogen-bond donors (Lipinski definition) is 1. The quantitative estimate of drug-likeness (QED) is 0.876. The Bertz CT molecular complexity index is 465. The summed E-state index contributed by atoms with van der Waals surface area (Å²) in [5.41, 5.74) is 7.47. The molecule has 1 amide bonds. The number of piperidine rings is 1. The van der Waals surface area contributed by atoms with Gasteiger partial charge in [-0.15, -0.1) is 0 Å². The monoisotopic (exact) mass is 320 g/mol. The minimum absolute atomic E-state index is 0.138. The molecule has 1 saturated heterocycles. The molecule has 22 heavy (non-hydrogen) atoms. The number of nitrogens with two attached hydrogens (primary N) is 1. The first-order valence-electron chi connectivity index (χ1n) is 8.25. The minimum Gasteiger partial charge on any atom is -0.341 e. The van der Waals surface area contributed by atoms with Gasteiger partial charge in [-0.1, -0.05) is 43.7 Å². The average Bonchev–Trinajstić information content (AvgIpc) is 2.59. The van der Waals surface area contributed by atoms with Crippen LogP contribution in [-0.4, -0.2) is 41.9 Å². The predicted octanol–water partition coefficient (Wildman–Crippen LogP) is 3.11. The van der Waals surface area contributed by atoms with Crippen LogP contribution in [0.15, 0.2) is 30.3 Å². The molecule has 1 fully saturated rings. The fourth-order valence-corrected chi connectivity index (χ4v) is 3.88. The lowest BCUT2D eigenvalue weighted by molar-refractivity contribution is -0.134. The first-order chi connectivity index (χ1) is 10.7. The first kappa shape index (κ1) is 17.4. The fraction of sp³-hybridized carbons (Fsp3) is 0.611. The van der Waals surface area contributed by atoms with Gasteiger partial charge in [0.1, 0.15) is 0 Å². The molecule has 0 saturated carbocycles. The molecule has 0 radical (unpaired) electrons. The van der Waals surface area contributed by atoms with Gasteiger partial charge in [0.25, 0.3) is 0 Å². The van der Waals surface area contributed by atoms with E-state index in [1.54, 1.807) is 11.8 Å². The van der Waals surface area contributed by atoms with Crippen LogP contribution in [0.2, 0.25) is 0 Å². The van der Waals surface area contributed by atoms with E-state index in [2.05, 4.69) is 43.5 Å². The molecule has 0 aliphatic carbocycles. The van der Waals surface area contributed by atoms with Gasteiger partial charge in [-0.2, -0.15) is 11.8 Å². The topological polar surface area (TPSA) is 46.3 Å². The Morgan fingerprint density at radius 2 is 2.14 bits per heavy atom. The Labute approximate surface area is 138 Å². The van der Waals surface area contributed by atoms with Crippen LogP contribution in [0, 0.1) is 5.92 Å². The molecule has 3 atom stereocenters. The highest BCUT2D eigenvalue weighted by molar-refractivity contribution is 7.98. The normalized spacial score (nSPS) is 23.3. The highest BCUT2D eigenvalue weighted by Gasteiger charge is 2.32. The Kier molecular flexibility index (Phi) is 6.77. The summed E-state index contributed by atoms with van der Waals surface area (Å²) in [7, 11) is 0. The third kappa shape index (κ3) is 4.26. The lowest BCUT2D eigenvalue weighted by Gasteiger charge is -2.39. The zero-order valence-electron chi connectivity index (χ0n) is 13.7. The van der Waals surface area contributed by atoms with Gasteiger partial charge >= 0.3 is 0 Å². The van der Waals surface area contributed by atoms with Crippen LogP contribution in [0.4, 0.5) is 0 Å². The summed E-state index contributed by atoms with van der Waals surface area (Å²) in [4.78, 5) is 14.5. The van der Waals surface area contributed by atoms with Crippen LogP contribution in [0.5, 0.6) is 0 Å². The highest BCUT2D eigenvalue weighted by Crippen LogP contribution is 2.35. The second kappa shape index (κ2) is 8.59. The standard InChI is InChI=1S/C18H28N2OS/c1-3-14-13-20(18(21)17(19)10-12-22-2)11-9-16(14)15-7-5-4-6-8-15/h4-8,14,16-17H,3,9-13,19H2,1-2H3. The molecule has 1 aromatic rings. The number of rotatable bonds is 6. The molecule has 1 aromatic carbocycles. The van der Waals surface area contributed by atoms with Gasteiger partial charge in [-0.25, -0.2) is 0 Å². The molecule has 0 bridgehead atoms. The van der Waals surface area contributed by atoms with Gasteiger partial charge in [0.05, 0.1) is 6.04 Å². The number of hydrogen-bond acceptors (Lipinski definition) is 3. The van der Waals surface area contributed by atoms with Gasteiger partial charge in [-0.05, 0) is 42.2 Å². The molecule has 0 spiro atoms. The van der Waals surface area contributed by atoms with E-state index in [1.165, 1.54) is 5.56 Å². The molecule has 0 aromatic heterocycles. The van der Waals surface area contributed by atoms with Gasteiger partial charge in [0.2, 0.25) is 5.91 Å². The zero-order valence-corrected chi connectivity index (χ0v) is 14.5. The number of benzene rings is 1. The lowest BCUT2D eigenvalue weighted by Crippen LogP contribution is -2.49. The van der Waals surface area contributed by atoms with Crippen molar-refractivity contribution >= 4 is 17.7 Å². The maximum Gasteiger partial charge on any atom is 0.239 e. The fourth-order valence-electron chi connectivity index (χ4n) is 3.39. The minimum atomic E-state index is -0.335. The van der Waals surface area contributed by atoms with E-state index < -0.39 is 0 Å². The van der Waals surface area contributed by atoms with E-state index >= 15 is 0 Å². The molecule has 1 aliphatic heterocycles. The van der Waals surface area contributed by atoms with Crippen LogP contribution >= 0.6 is 11.8 Å². The molecule has 2 N–H and O–H groups in total. The number of carbonyl (C=O) groups excluding carboxylic acids is 1. The maximum absolute atomic E-state index is 12.5. The molecule has 2 rings (SSSR count). The summed E-state index contributed by atoms with van der Waals surface area (Å²) < 4.78 is 0. The van der Waals surface area contributed by atoms with Gasteiger partial charge < -0.3 is 10.6 Å². The molecular weight excluding hydrogens is 292 g/mol. The van der Waals surface area contributed by atoms with Crippen LogP contribution < -0.4 is 5.73 Å². The van der Waals surface area contributed by atoms with Crippen molar-refractivity contribution in [3.63, 3.8) is 0 Å². The van der Waals surface area contributed by atoms with Crippen molar-refractivity contribution in [2.45, 2.75) is 38.1 Å². The van der Waals surface area contributed by atoms with E-state index in [9.17, 15) is 4.79 Å². The summed E-state index contributed by atoms with van der Waals surface area (Å²) in [6, 6.07) is 10.4. The van der Waals surface area contributed by atoms with E-state index in [0.717, 1.165) is 38.1 Å². The second-order valence-electron chi connectivity index (χ2n) is 6.15. The van der Waals surface area contributed by atoms with Crippen molar-refractivity contribution in [1.82, 2.24) is 4.90 Å². The van der Waals surface area contributed by atoms with Crippen molar-refractivity contribution in [2.75, 3.05) is 25.1 Å². The molecule has 3 nitrogen and oxygen atoms in total. The van der Waals surface area contributed by atoms with Crippen LogP contribution in [0.25, 0.3) is 0 Å². The van der Waals surface area contributed by atoms with Gasteiger partial charge in [0.15, 0.2) is 0 Å². The Balaban J connectivity index is 1.99. The molecule has 122 valence electrons. The van der Waals surface area contributed by atoms with Gasteiger partial charge in [-0.3, -0.25) is 4.79 Å². The Morgan fingerprint density at radius 1 is 1.41 bits per heavy atom. The number of thioether (sulfide) groups is 1. The highest BCUT2D eigenvalue weighted by atomic mass is 32.2. The van der Waals surface area contributed by atoms with Crippen molar-refractivity contribution in [1.29, 1.82) is 0 Å². The number of carbonyl (C=O) groups is 1. The second-order valence-corrected chi connectivity index (χ2v) is 7.13. The van der Waals surface area contributed by atoms with Crippen molar-refractivity contribution < 1.29 is 4.79 Å². The summed E-state index contributed by atoms with van der Waals surface area (Å²) in [5, 5.41) is 0. The number of nitrogens with zero attached hydrogens (tertiary/aromatic N) is 1. The average molecular weight is 321 g/mol. The van der Waals surface area contributed by atoms with E-state index in [1.807, 2.05) is 4.90 Å². The smallest absolute Gasteiger partial charge is 0.239 e. The SMILES string of the molecule is CCC1CN(C(=O)C(N)CCSC)CCC1c1ccccc1. The van der Waals surface area contributed by atoms with Crippen LogP contribution in [0.1, 0.15) is 37.7 Å². The summed E-state index contributed by atoms with van der Waals surface area (Å²) >= 11 is 1.75. The number of amides is 1. The van der Waals surface area contributed by atoms with E-state index in [0.29, 0.717) is 11.8 Å². The predicted molar refractivity (Wildman–Crippen MR) is 95.1 cm³/mol. The van der Waals surface area contributed by atoms with Crippen LogP contribution in [-0.2, 0) is 4.79 Å². The third-order valence-electron chi connectivity index (χ3n) is 4.75. The summed E-state index contributed by atoms with van der Waals surface area (Å²) in [6.07, 6.45) is 4.97. The third-order valence-corrected chi connectivity index (χ3v) is 5.39. The van der Waals surface area contributed by atoms with Crippen molar-refractivity contribution in [3.8, 4) is 0 Å². The molecule has 1 aliphatic rings. The van der Waals surface area contributed by atoms with Crippen molar-refractivity contribution in [3.05, 3.63) is 35.9 Å². The molecule has 1 heterocycles. The van der Waals surface area contributed by atoms with Gasteiger partial charge in [0, 0.05) is 13.1 Å². The Morgan fingerprint density at radius 3 is 2.77 bits per heavy atom. The van der Waals surface area contributed by atoms with Crippen molar-refractivity contribution in [2.24, 2.45) is 11.7 Å². The zero-order chi connectivity index (χ0) is 15.9. The first-order valence-corrected chi connectivity index (χ1v) is 9.65. The molecule has 3 unspecified atom stereocenters. The summed E-state index contributed by atoms with van der Waals surface area (Å²) in [5.74, 6) is 2.19.